The largest absolute Gasteiger partial charge is 0.382 e. The second kappa shape index (κ2) is 5.72. The summed E-state index contributed by atoms with van der Waals surface area (Å²) in [7, 11) is 2.16. The number of nitrogens with zero attached hydrogens (tertiary/aromatic N) is 5. The second-order valence-electron chi connectivity index (χ2n) is 5.22. The summed E-state index contributed by atoms with van der Waals surface area (Å²) in [6.45, 7) is 3.66. The molecule has 1 saturated heterocycles. The van der Waals surface area contributed by atoms with Gasteiger partial charge < -0.3 is 19.9 Å². The molecule has 0 amide bonds. The molecular formula is C13H20N6O. The number of imidazole rings is 1. The Morgan fingerprint density at radius 3 is 3.15 bits per heavy atom. The van der Waals surface area contributed by atoms with Crippen molar-refractivity contribution in [2.24, 2.45) is 0 Å². The number of nitrogen functional groups attached to an aromatic ring is 1. The normalized spacial score (nSPS) is 19.2. The highest BCUT2D eigenvalue weighted by Crippen LogP contribution is 2.15. The molecule has 7 heteroatoms. The van der Waals surface area contributed by atoms with E-state index in [-0.39, 0.29) is 0 Å². The van der Waals surface area contributed by atoms with E-state index in [9.17, 15) is 0 Å². The van der Waals surface area contributed by atoms with Crippen molar-refractivity contribution in [2.75, 3.05) is 32.5 Å². The number of rotatable bonds is 5. The Kier molecular flexibility index (Phi) is 3.79. The van der Waals surface area contributed by atoms with Crippen LogP contribution in [0.4, 0.5) is 5.82 Å². The van der Waals surface area contributed by atoms with E-state index in [0.717, 1.165) is 44.8 Å². The number of fused-ring (bicyclic) bond motifs is 1. The third-order valence-electron chi connectivity index (χ3n) is 3.87. The van der Waals surface area contributed by atoms with Crippen LogP contribution in [-0.4, -0.2) is 57.3 Å². The number of ether oxygens (including phenoxy) is 1. The molecule has 2 N–H and O–H groups in total. The molecule has 7 nitrogen and oxygen atoms in total. The lowest BCUT2D eigenvalue weighted by atomic mass is 10.2. The molecule has 1 aliphatic rings. The van der Waals surface area contributed by atoms with E-state index < -0.39 is 0 Å². The zero-order valence-corrected chi connectivity index (χ0v) is 11.7. The van der Waals surface area contributed by atoms with Crippen LogP contribution in [-0.2, 0) is 11.3 Å². The van der Waals surface area contributed by atoms with E-state index in [0.29, 0.717) is 17.4 Å². The van der Waals surface area contributed by atoms with Crippen LogP contribution in [0.1, 0.15) is 12.8 Å². The summed E-state index contributed by atoms with van der Waals surface area (Å²) in [6, 6.07) is 0.563. The van der Waals surface area contributed by atoms with E-state index in [1.54, 1.807) is 6.33 Å². The minimum absolute atomic E-state index is 0.439. The molecule has 1 fully saturated rings. The summed E-state index contributed by atoms with van der Waals surface area (Å²) in [4.78, 5) is 14.8. The Morgan fingerprint density at radius 1 is 1.45 bits per heavy atom. The molecule has 0 bridgehead atoms. The Bertz CT molecular complexity index is 577. The van der Waals surface area contributed by atoms with E-state index in [1.165, 1.54) is 6.33 Å². The maximum atomic E-state index is 5.78. The SMILES string of the molecule is CN(CCCn1cnc2c(N)ncnc21)C1CCOC1. The molecule has 1 atom stereocenters. The molecule has 0 spiro atoms. The standard InChI is InChI=1S/C13H20N6O/c1-18(10-3-6-20-7-10)4-2-5-19-9-17-11-12(14)15-8-16-13(11)19/h8-10H,2-7H2,1H3,(H2,14,15,16). The maximum absolute atomic E-state index is 5.78. The third-order valence-corrected chi connectivity index (χ3v) is 3.87. The predicted molar refractivity (Wildman–Crippen MR) is 76.2 cm³/mol. The summed E-state index contributed by atoms with van der Waals surface area (Å²) in [5.74, 6) is 0.439. The molecule has 3 rings (SSSR count). The van der Waals surface area contributed by atoms with E-state index in [4.69, 9.17) is 10.5 Å². The van der Waals surface area contributed by atoms with Gasteiger partial charge in [0.15, 0.2) is 11.5 Å². The zero-order chi connectivity index (χ0) is 13.9. The predicted octanol–water partition coefficient (Wildman–Crippen LogP) is 0.519. The lowest BCUT2D eigenvalue weighted by Crippen LogP contribution is -2.33. The van der Waals surface area contributed by atoms with Gasteiger partial charge in [0.2, 0.25) is 0 Å². The summed E-state index contributed by atoms with van der Waals surface area (Å²) in [6.07, 6.45) is 5.45. The monoisotopic (exact) mass is 276 g/mol. The van der Waals surface area contributed by atoms with Gasteiger partial charge in [0.25, 0.3) is 0 Å². The van der Waals surface area contributed by atoms with Gasteiger partial charge in [-0.2, -0.15) is 0 Å². The lowest BCUT2D eigenvalue weighted by Gasteiger charge is -2.22. The van der Waals surface area contributed by atoms with Gasteiger partial charge in [-0.1, -0.05) is 0 Å². The van der Waals surface area contributed by atoms with Crippen molar-refractivity contribution in [2.45, 2.75) is 25.4 Å². The van der Waals surface area contributed by atoms with Crippen LogP contribution in [0.3, 0.4) is 0 Å². The molecule has 0 radical (unpaired) electrons. The summed E-state index contributed by atoms with van der Waals surface area (Å²) in [5, 5.41) is 0. The Hall–Kier alpha value is -1.73. The first-order valence-corrected chi connectivity index (χ1v) is 6.95. The van der Waals surface area contributed by atoms with Crippen molar-refractivity contribution < 1.29 is 4.74 Å². The van der Waals surface area contributed by atoms with Crippen LogP contribution in [0.2, 0.25) is 0 Å². The van der Waals surface area contributed by atoms with Crippen molar-refractivity contribution in [1.82, 2.24) is 24.4 Å². The zero-order valence-electron chi connectivity index (χ0n) is 11.7. The topological polar surface area (TPSA) is 82.1 Å². The van der Waals surface area contributed by atoms with E-state index >= 15 is 0 Å². The van der Waals surface area contributed by atoms with Gasteiger partial charge in [0.05, 0.1) is 12.9 Å². The van der Waals surface area contributed by atoms with Gasteiger partial charge in [-0.25, -0.2) is 15.0 Å². The van der Waals surface area contributed by atoms with Gasteiger partial charge >= 0.3 is 0 Å². The average Bonchev–Trinajstić information content (AvgIpc) is 3.09. The van der Waals surface area contributed by atoms with Crippen molar-refractivity contribution in [3.8, 4) is 0 Å². The van der Waals surface area contributed by atoms with Crippen molar-refractivity contribution >= 4 is 17.0 Å². The van der Waals surface area contributed by atoms with Gasteiger partial charge in [-0.15, -0.1) is 0 Å². The first kappa shape index (κ1) is 13.3. The molecule has 108 valence electrons. The van der Waals surface area contributed by atoms with Gasteiger partial charge in [0, 0.05) is 19.2 Å². The molecule has 0 aliphatic carbocycles. The summed E-state index contributed by atoms with van der Waals surface area (Å²) < 4.78 is 7.45. The molecule has 1 unspecified atom stereocenters. The molecule has 2 aromatic rings. The molecule has 1 aliphatic heterocycles. The maximum Gasteiger partial charge on any atom is 0.165 e. The molecule has 20 heavy (non-hydrogen) atoms. The highest BCUT2D eigenvalue weighted by molar-refractivity contribution is 5.80. The van der Waals surface area contributed by atoms with Crippen LogP contribution >= 0.6 is 0 Å². The van der Waals surface area contributed by atoms with Crippen molar-refractivity contribution in [3.05, 3.63) is 12.7 Å². The molecule has 3 heterocycles. The Morgan fingerprint density at radius 2 is 2.35 bits per heavy atom. The Labute approximate surface area is 117 Å². The number of aromatic nitrogens is 4. The number of hydrogen-bond acceptors (Lipinski definition) is 6. The molecule has 2 aromatic heterocycles. The fraction of sp³-hybridized carbons (Fsp3) is 0.615. The smallest absolute Gasteiger partial charge is 0.165 e. The minimum atomic E-state index is 0.439. The van der Waals surface area contributed by atoms with Gasteiger partial charge in [0.1, 0.15) is 11.8 Å². The van der Waals surface area contributed by atoms with Crippen LogP contribution < -0.4 is 5.73 Å². The average molecular weight is 276 g/mol. The first-order valence-electron chi connectivity index (χ1n) is 6.95. The molecule has 0 aromatic carbocycles. The summed E-state index contributed by atoms with van der Waals surface area (Å²) in [5.41, 5.74) is 7.27. The summed E-state index contributed by atoms with van der Waals surface area (Å²) >= 11 is 0. The van der Waals surface area contributed by atoms with Crippen LogP contribution in [0.25, 0.3) is 11.2 Å². The Balaban J connectivity index is 1.58. The fourth-order valence-corrected chi connectivity index (χ4v) is 2.61. The minimum Gasteiger partial charge on any atom is -0.382 e. The number of anilines is 1. The highest BCUT2D eigenvalue weighted by Gasteiger charge is 2.19. The van der Waals surface area contributed by atoms with E-state index in [2.05, 4.69) is 26.9 Å². The van der Waals surface area contributed by atoms with Gasteiger partial charge in [-0.3, -0.25) is 0 Å². The van der Waals surface area contributed by atoms with Crippen LogP contribution in [0.15, 0.2) is 12.7 Å². The second-order valence-corrected chi connectivity index (χ2v) is 5.22. The third kappa shape index (κ3) is 2.59. The van der Waals surface area contributed by atoms with Crippen molar-refractivity contribution in [3.63, 3.8) is 0 Å². The molecule has 0 saturated carbocycles. The van der Waals surface area contributed by atoms with Crippen LogP contribution in [0.5, 0.6) is 0 Å². The molecular weight excluding hydrogens is 256 g/mol. The lowest BCUT2D eigenvalue weighted by molar-refractivity contribution is 0.158. The van der Waals surface area contributed by atoms with Crippen LogP contribution in [0, 0.1) is 0 Å². The highest BCUT2D eigenvalue weighted by atomic mass is 16.5. The fourth-order valence-electron chi connectivity index (χ4n) is 2.61. The quantitative estimate of drug-likeness (QED) is 0.857. The van der Waals surface area contributed by atoms with Gasteiger partial charge in [-0.05, 0) is 26.4 Å². The number of likely N-dealkylation sites (N-methyl/N-ethyl adjacent to an activating group) is 1. The number of hydrogen-bond donors (Lipinski definition) is 1. The number of nitrogens with two attached hydrogens (primary N) is 1. The first-order chi connectivity index (χ1) is 9.75. The van der Waals surface area contributed by atoms with Crippen molar-refractivity contribution in [1.29, 1.82) is 0 Å². The number of aryl methyl sites for hydroxylation is 1. The van der Waals surface area contributed by atoms with E-state index in [1.807, 2.05) is 4.57 Å².